The van der Waals surface area contributed by atoms with E-state index in [9.17, 15) is 0 Å². The molecule has 0 aliphatic carbocycles. The molecule has 0 fully saturated rings. The van der Waals surface area contributed by atoms with Gasteiger partial charge in [0.25, 0.3) is 0 Å². The molecule has 2 rings (SSSR count). The lowest BCUT2D eigenvalue weighted by Gasteiger charge is -2.15. The van der Waals surface area contributed by atoms with E-state index in [0.29, 0.717) is 5.15 Å². The van der Waals surface area contributed by atoms with Gasteiger partial charge in [-0.1, -0.05) is 11.6 Å². The van der Waals surface area contributed by atoms with Gasteiger partial charge in [-0.3, -0.25) is 4.68 Å². The average Bonchev–Trinajstić information content (AvgIpc) is 2.68. The van der Waals surface area contributed by atoms with Gasteiger partial charge in [0.2, 0.25) is 0 Å². The molecule has 0 bridgehead atoms. The first-order valence-corrected chi connectivity index (χ1v) is 5.41. The zero-order valence-corrected chi connectivity index (χ0v) is 9.94. The highest BCUT2D eigenvalue weighted by atomic mass is 35.5. The fourth-order valence-electron chi connectivity index (χ4n) is 1.61. The van der Waals surface area contributed by atoms with E-state index >= 15 is 0 Å². The standard InChI is InChI=1S/C11H13ClN4/c1-8(10-5-7-14-16(10)2)15-9-4-3-6-13-11(9)12/h3-8,15H,1-2H3. The molecule has 0 aromatic carbocycles. The Labute approximate surface area is 99.3 Å². The van der Waals surface area contributed by atoms with E-state index in [1.54, 1.807) is 12.4 Å². The van der Waals surface area contributed by atoms with E-state index in [2.05, 4.69) is 22.3 Å². The second-order valence-electron chi connectivity index (χ2n) is 3.59. The molecular formula is C11H13ClN4. The molecular weight excluding hydrogens is 224 g/mol. The number of anilines is 1. The van der Waals surface area contributed by atoms with Gasteiger partial charge in [0.15, 0.2) is 5.15 Å². The molecule has 0 amide bonds. The minimum Gasteiger partial charge on any atom is -0.374 e. The lowest BCUT2D eigenvalue weighted by Crippen LogP contribution is -2.11. The number of aryl methyl sites for hydroxylation is 1. The number of nitrogens with one attached hydrogen (secondary N) is 1. The first-order valence-electron chi connectivity index (χ1n) is 5.03. The Bertz CT molecular complexity index is 480. The normalized spacial score (nSPS) is 12.4. The highest BCUT2D eigenvalue weighted by Gasteiger charge is 2.10. The molecule has 0 aliphatic heterocycles. The molecule has 0 saturated carbocycles. The van der Waals surface area contributed by atoms with E-state index in [1.807, 2.05) is 29.9 Å². The first kappa shape index (κ1) is 11.0. The van der Waals surface area contributed by atoms with E-state index in [0.717, 1.165) is 11.4 Å². The summed E-state index contributed by atoms with van der Waals surface area (Å²) in [5, 5.41) is 7.91. The van der Waals surface area contributed by atoms with Crippen molar-refractivity contribution in [2.24, 2.45) is 7.05 Å². The minimum atomic E-state index is 0.134. The van der Waals surface area contributed by atoms with Crippen molar-refractivity contribution in [2.45, 2.75) is 13.0 Å². The van der Waals surface area contributed by atoms with Crippen LogP contribution >= 0.6 is 11.6 Å². The fraction of sp³-hybridized carbons (Fsp3) is 0.273. The van der Waals surface area contributed by atoms with Crippen molar-refractivity contribution < 1.29 is 0 Å². The van der Waals surface area contributed by atoms with E-state index in [1.165, 1.54) is 0 Å². The summed E-state index contributed by atoms with van der Waals surface area (Å²) in [7, 11) is 1.92. The van der Waals surface area contributed by atoms with Crippen molar-refractivity contribution in [3.8, 4) is 0 Å². The second-order valence-corrected chi connectivity index (χ2v) is 3.95. The van der Waals surface area contributed by atoms with Gasteiger partial charge >= 0.3 is 0 Å². The maximum absolute atomic E-state index is 5.97. The molecule has 2 heterocycles. The van der Waals surface area contributed by atoms with Gasteiger partial charge in [-0.2, -0.15) is 5.10 Å². The summed E-state index contributed by atoms with van der Waals surface area (Å²) in [6.07, 6.45) is 3.45. The predicted molar refractivity (Wildman–Crippen MR) is 64.5 cm³/mol. The number of nitrogens with zero attached hydrogens (tertiary/aromatic N) is 3. The van der Waals surface area contributed by atoms with Crippen LogP contribution in [0.2, 0.25) is 5.15 Å². The highest BCUT2D eigenvalue weighted by Crippen LogP contribution is 2.23. The molecule has 16 heavy (non-hydrogen) atoms. The molecule has 0 radical (unpaired) electrons. The van der Waals surface area contributed by atoms with E-state index in [-0.39, 0.29) is 6.04 Å². The van der Waals surface area contributed by atoms with Crippen molar-refractivity contribution >= 4 is 17.3 Å². The molecule has 84 valence electrons. The molecule has 0 saturated heterocycles. The monoisotopic (exact) mass is 236 g/mol. The molecule has 2 aromatic rings. The second kappa shape index (κ2) is 4.53. The lowest BCUT2D eigenvalue weighted by atomic mass is 10.2. The van der Waals surface area contributed by atoms with Crippen molar-refractivity contribution in [1.29, 1.82) is 0 Å². The number of aromatic nitrogens is 3. The maximum atomic E-state index is 5.97. The fourth-order valence-corrected chi connectivity index (χ4v) is 1.78. The summed E-state index contributed by atoms with van der Waals surface area (Å²) in [4.78, 5) is 4.02. The van der Waals surface area contributed by atoms with Gasteiger partial charge in [-0.05, 0) is 25.1 Å². The third kappa shape index (κ3) is 2.17. The molecule has 1 atom stereocenters. The molecule has 5 heteroatoms. The third-order valence-corrected chi connectivity index (χ3v) is 2.73. The lowest BCUT2D eigenvalue weighted by molar-refractivity contribution is 0.675. The average molecular weight is 237 g/mol. The van der Waals surface area contributed by atoms with Crippen LogP contribution < -0.4 is 5.32 Å². The quantitative estimate of drug-likeness (QED) is 0.834. The Morgan fingerprint density at radius 3 is 2.81 bits per heavy atom. The summed E-state index contributed by atoms with van der Waals surface area (Å²) < 4.78 is 1.84. The molecule has 0 spiro atoms. The van der Waals surface area contributed by atoms with Crippen LogP contribution in [0.5, 0.6) is 0 Å². The summed E-state index contributed by atoms with van der Waals surface area (Å²) in [5.74, 6) is 0. The number of hydrogen-bond acceptors (Lipinski definition) is 3. The number of rotatable bonds is 3. The SMILES string of the molecule is CC(Nc1cccnc1Cl)c1ccnn1C. The van der Waals surface area contributed by atoms with Crippen molar-refractivity contribution in [3.63, 3.8) is 0 Å². The molecule has 1 N–H and O–H groups in total. The summed E-state index contributed by atoms with van der Waals surface area (Å²) >= 11 is 5.97. The predicted octanol–water partition coefficient (Wildman–Crippen LogP) is 2.64. The van der Waals surface area contributed by atoms with Crippen LogP contribution in [0.4, 0.5) is 5.69 Å². The van der Waals surface area contributed by atoms with Crippen LogP contribution in [0, 0.1) is 0 Å². The maximum Gasteiger partial charge on any atom is 0.152 e. The largest absolute Gasteiger partial charge is 0.374 e. The summed E-state index contributed by atoms with van der Waals surface area (Å²) in [6, 6.07) is 5.86. The Morgan fingerprint density at radius 1 is 1.38 bits per heavy atom. The third-order valence-electron chi connectivity index (χ3n) is 2.43. The topological polar surface area (TPSA) is 42.7 Å². The van der Waals surface area contributed by atoms with Gasteiger partial charge in [0.1, 0.15) is 0 Å². The molecule has 2 aromatic heterocycles. The number of pyridine rings is 1. The van der Waals surface area contributed by atoms with E-state index in [4.69, 9.17) is 11.6 Å². The Morgan fingerprint density at radius 2 is 2.19 bits per heavy atom. The van der Waals surface area contributed by atoms with Crippen LogP contribution in [-0.4, -0.2) is 14.8 Å². The van der Waals surface area contributed by atoms with Crippen molar-refractivity contribution in [2.75, 3.05) is 5.32 Å². The smallest absolute Gasteiger partial charge is 0.152 e. The molecule has 1 unspecified atom stereocenters. The number of halogens is 1. The zero-order valence-electron chi connectivity index (χ0n) is 9.18. The first-order chi connectivity index (χ1) is 7.68. The van der Waals surface area contributed by atoms with Crippen LogP contribution in [-0.2, 0) is 7.05 Å². The molecule has 4 nitrogen and oxygen atoms in total. The summed E-state index contributed by atoms with van der Waals surface area (Å²) in [5.41, 5.74) is 1.93. The minimum absolute atomic E-state index is 0.134. The van der Waals surface area contributed by atoms with Crippen LogP contribution in [0.3, 0.4) is 0 Å². The van der Waals surface area contributed by atoms with Crippen LogP contribution in [0.1, 0.15) is 18.7 Å². The van der Waals surface area contributed by atoms with Crippen molar-refractivity contribution in [1.82, 2.24) is 14.8 Å². The van der Waals surface area contributed by atoms with Gasteiger partial charge in [0, 0.05) is 19.4 Å². The van der Waals surface area contributed by atoms with Gasteiger partial charge in [-0.15, -0.1) is 0 Å². The Hall–Kier alpha value is -1.55. The summed E-state index contributed by atoms with van der Waals surface area (Å²) in [6.45, 7) is 2.06. The highest BCUT2D eigenvalue weighted by molar-refractivity contribution is 6.31. The Kier molecular flexibility index (Phi) is 3.10. The van der Waals surface area contributed by atoms with Gasteiger partial charge < -0.3 is 5.32 Å². The Balaban J connectivity index is 2.17. The van der Waals surface area contributed by atoms with Crippen LogP contribution in [0.15, 0.2) is 30.6 Å². The van der Waals surface area contributed by atoms with Crippen LogP contribution in [0.25, 0.3) is 0 Å². The van der Waals surface area contributed by atoms with Crippen molar-refractivity contribution in [3.05, 3.63) is 41.4 Å². The zero-order chi connectivity index (χ0) is 11.5. The van der Waals surface area contributed by atoms with Gasteiger partial charge in [0.05, 0.1) is 17.4 Å². The molecule has 0 aliphatic rings. The van der Waals surface area contributed by atoms with Gasteiger partial charge in [-0.25, -0.2) is 4.98 Å². The number of hydrogen-bond donors (Lipinski definition) is 1. The van der Waals surface area contributed by atoms with E-state index < -0.39 is 0 Å².